The first-order valence-corrected chi connectivity index (χ1v) is 10.1. The van der Waals surface area contributed by atoms with Gasteiger partial charge in [-0.25, -0.2) is 4.79 Å². The highest BCUT2D eigenvalue weighted by Crippen LogP contribution is 2.29. The highest BCUT2D eigenvalue weighted by Gasteiger charge is 2.23. The van der Waals surface area contributed by atoms with Gasteiger partial charge in [-0.3, -0.25) is 10.4 Å². The number of aryl methyl sites for hydroxylation is 1. The Morgan fingerprint density at radius 2 is 1.90 bits per heavy atom. The molecule has 3 aromatic rings. The van der Waals surface area contributed by atoms with E-state index in [1.807, 2.05) is 31.2 Å². The van der Waals surface area contributed by atoms with Gasteiger partial charge in [-0.1, -0.05) is 13.0 Å². The summed E-state index contributed by atoms with van der Waals surface area (Å²) in [6, 6.07) is 15.6. The second kappa shape index (κ2) is 10.2. The molecule has 0 saturated heterocycles. The molecule has 7 nitrogen and oxygen atoms in total. The van der Waals surface area contributed by atoms with Gasteiger partial charge in [0.1, 0.15) is 17.3 Å². The van der Waals surface area contributed by atoms with Crippen molar-refractivity contribution in [3.63, 3.8) is 0 Å². The van der Waals surface area contributed by atoms with Crippen LogP contribution in [0.2, 0.25) is 0 Å². The number of nitrogens with one attached hydrogen (secondary N) is 2. The summed E-state index contributed by atoms with van der Waals surface area (Å²) in [6.07, 6.45) is 4.09. The van der Waals surface area contributed by atoms with Crippen molar-refractivity contribution in [1.29, 1.82) is 5.41 Å². The molecule has 1 atom stereocenters. The highest BCUT2D eigenvalue weighted by atomic mass is 16.5. The number of hydrogen-bond donors (Lipinski definition) is 3. The Morgan fingerprint density at radius 3 is 2.52 bits per heavy atom. The van der Waals surface area contributed by atoms with Crippen molar-refractivity contribution in [1.82, 2.24) is 4.98 Å². The standard InChI is InChI=1S/C24H26N4O3/c1-3-16-12-18(14-21(13-16)31-20-6-5-11-27-15-20)22(24(29)30-4-2)28-19-9-7-17(8-10-19)23(25)26/h5-15,22,28H,3-4H2,1-2H3,(H3,25,26). The van der Waals surface area contributed by atoms with Crippen LogP contribution in [0.3, 0.4) is 0 Å². The molecule has 0 spiro atoms. The van der Waals surface area contributed by atoms with E-state index in [2.05, 4.69) is 10.3 Å². The minimum Gasteiger partial charge on any atom is -0.464 e. The van der Waals surface area contributed by atoms with Gasteiger partial charge in [0.05, 0.1) is 12.8 Å². The molecule has 160 valence electrons. The van der Waals surface area contributed by atoms with Crippen LogP contribution in [0.25, 0.3) is 0 Å². The van der Waals surface area contributed by atoms with E-state index in [1.165, 1.54) is 0 Å². The molecule has 31 heavy (non-hydrogen) atoms. The van der Waals surface area contributed by atoms with Crippen molar-refractivity contribution >= 4 is 17.5 Å². The fourth-order valence-corrected chi connectivity index (χ4v) is 3.08. The molecular weight excluding hydrogens is 392 g/mol. The molecule has 0 radical (unpaired) electrons. The van der Waals surface area contributed by atoms with Crippen LogP contribution >= 0.6 is 0 Å². The van der Waals surface area contributed by atoms with E-state index >= 15 is 0 Å². The normalized spacial score (nSPS) is 11.4. The van der Waals surface area contributed by atoms with Gasteiger partial charge < -0.3 is 20.5 Å². The molecule has 7 heteroatoms. The number of nitrogens with two attached hydrogens (primary N) is 1. The Labute approximate surface area is 181 Å². The molecule has 3 rings (SSSR count). The zero-order valence-electron chi connectivity index (χ0n) is 17.6. The summed E-state index contributed by atoms with van der Waals surface area (Å²) >= 11 is 0. The fraction of sp³-hybridized carbons (Fsp3) is 0.208. The van der Waals surface area contributed by atoms with E-state index in [0.29, 0.717) is 22.7 Å². The van der Waals surface area contributed by atoms with Gasteiger partial charge in [0.15, 0.2) is 6.04 Å². The second-order valence-electron chi connectivity index (χ2n) is 6.88. The lowest BCUT2D eigenvalue weighted by Gasteiger charge is -2.21. The number of carbonyl (C=O) groups excluding carboxylic acids is 1. The minimum atomic E-state index is -0.731. The molecule has 1 unspecified atom stereocenters. The molecule has 0 fully saturated rings. The van der Waals surface area contributed by atoms with Crippen molar-refractivity contribution in [2.45, 2.75) is 26.3 Å². The van der Waals surface area contributed by atoms with E-state index < -0.39 is 12.0 Å². The van der Waals surface area contributed by atoms with E-state index in [4.69, 9.17) is 20.6 Å². The largest absolute Gasteiger partial charge is 0.464 e. The first kappa shape index (κ1) is 21.8. The maximum Gasteiger partial charge on any atom is 0.333 e. The lowest BCUT2D eigenvalue weighted by molar-refractivity contribution is -0.144. The molecule has 0 aliphatic heterocycles. The number of carbonyl (C=O) groups is 1. The Balaban J connectivity index is 1.94. The Morgan fingerprint density at radius 1 is 1.13 bits per heavy atom. The molecule has 2 aromatic carbocycles. The summed E-state index contributed by atoms with van der Waals surface area (Å²) < 4.78 is 11.3. The van der Waals surface area contributed by atoms with E-state index in [-0.39, 0.29) is 12.4 Å². The van der Waals surface area contributed by atoms with Crippen LogP contribution in [0.1, 0.15) is 36.6 Å². The number of nitrogens with zero attached hydrogens (tertiary/aromatic N) is 1. The van der Waals surface area contributed by atoms with E-state index in [0.717, 1.165) is 17.5 Å². The Bertz CT molecular complexity index is 1040. The van der Waals surface area contributed by atoms with E-state index in [9.17, 15) is 4.79 Å². The number of rotatable bonds is 9. The topological polar surface area (TPSA) is 110 Å². The first-order chi connectivity index (χ1) is 15.0. The summed E-state index contributed by atoms with van der Waals surface area (Å²) in [5.74, 6) is 0.826. The van der Waals surface area contributed by atoms with Crippen LogP contribution in [0.5, 0.6) is 11.5 Å². The smallest absolute Gasteiger partial charge is 0.333 e. The first-order valence-electron chi connectivity index (χ1n) is 10.1. The summed E-state index contributed by atoms with van der Waals surface area (Å²) in [5.41, 5.74) is 8.60. The number of anilines is 1. The predicted molar refractivity (Wildman–Crippen MR) is 121 cm³/mol. The lowest BCUT2D eigenvalue weighted by Crippen LogP contribution is -2.23. The number of nitrogen functional groups attached to an aromatic ring is 1. The predicted octanol–water partition coefficient (Wildman–Crippen LogP) is 4.44. The molecule has 0 aliphatic carbocycles. The van der Waals surface area contributed by atoms with Crippen LogP contribution in [0.15, 0.2) is 67.0 Å². The van der Waals surface area contributed by atoms with Gasteiger partial charge in [0.2, 0.25) is 0 Å². The van der Waals surface area contributed by atoms with Gasteiger partial charge in [-0.15, -0.1) is 0 Å². The third-order valence-corrected chi connectivity index (χ3v) is 4.63. The lowest BCUT2D eigenvalue weighted by atomic mass is 10.0. The highest BCUT2D eigenvalue weighted by molar-refractivity contribution is 5.95. The van der Waals surface area contributed by atoms with Crippen LogP contribution < -0.4 is 15.8 Å². The summed E-state index contributed by atoms with van der Waals surface area (Å²) in [4.78, 5) is 16.9. The third-order valence-electron chi connectivity index (χ3n) is 4.63. The van der Waals surface area contributed by atoms with Crippen LogP contribution in [-0.4, -0.2) is 23.4 Å². The zero-order valence-corrected chi connectivity index (χ0v) is 17.6. The van der Waals surface area contributed by atoms with Gasteiger partial charge in [0, 0.05) is 17.4 Å². The number of benzene rings is 2. The van der Waals surface area contributed by atoms with Crippen molar-refractivity contribution in [2.24, 2.45) is 5.73 Å². The molecule has 0 saturated carbocycles. The van der Waals surface area contributed by atoms with Crippen LogP contribution in [0.4, 0.5) is 5.69 Å². The molecule has 4 N–H and O–H groups in total. The van der Waals surface area contributed by atoms with Gasteiger partial charge in [-0.05, 0) is 73.0 Å². The van der Waals surface area contributed by atoms with Gasteiger partial charge >= 0.3 is 5.97 Å². The second-order valence-corrected chi connectivity index (χ2v) is 6.88. The maximum atomic E-state index is 12.8. The third kappa shape index (κ3) is 5.82. The quantitative estimate of drug-likeness (QED) is 0.269. The fourth-order valence-electron chi connectivity index (χ4n) is 3.08. The Kier molecular flexibility index (Phi) is 7.22. The summed E-state index contributed by atoms with van der Waals surface area (Å²) in [5, 5.41) is 10.8. The zero-order chi connectivity index (χ0) is 22.2. The van der Waals surface area contributed by atoms with Crippen molar-refractivity contribution in [3.8, 4) is 11.5 Å². The number of ether oxygens (including phenoxy) is 2. The van der Waals surface area contributed by atoms with Crippen LogP contribution in [-0.2, 0) is 16.0 Å². The molecular formula is C24H26N4O3. The maximum absolute atomic E-state index is 12.8. The minimum absolute atomic E-state index is 0.0127. The number of esters is 1. The van der Waals surface area contributed by atoms with Gasteiger partial charge in [0.25, 0.3) is 0 Å². The molecule has 0 bridgehead atoms. The van der Waals surface area contributed by atoms with Crippen molar-refractivity contribution in [3.05, 3.63) is 83.7 Å². The number of pyridine rings is 1. The molecule has 0 aliphatic rings. The summed E-state index contributed by atoms with van der Waals surface area (Å²) in [7, 11) is 0. The van der Waals surface area contributed by atoms with Gasteiger partial charge in [-0.2, -0.15) is 0 Å². The number of hydrogen-bond acceptors (Lipinski definition) is 6. The van der Waals surface area contributed by atoms with Crippen LogP contribution in [0, 0.1) is 5.41 Å². The number of amidine groups is 1. The Hall–Kier alpha value is -3.87. The van der Waals surface area contributed by atoms with Crippen molar-refractivity contribution < 1.29 is 14.3 Å². The summed E-state index contributed by atoms with van der Waals surface area (Å²) in [6.45, 7) is 4.09. The SMILES string of the molecule is CCOC(=O)C(Nc1ccc(C(=N)N)cc1)c1cc(CC)cc(Oc2cccnc2)c1. The average molecular weight is 418 g/mol. The number of aromatic nitrogens is 1. The monoisotopic (exact) mass is 418 g/mol. The van der Waals surface area contributed by atoms with E-state index in [1.54, 1.807) is 49.6 Å². The molecule has 0 amide bonds. The molecule has 1 aromatic heterocycles. The van der Waals surface area contributed by atoms with Crippen molar-refractivity contribution in [2.75, 3.05) is 11.9 Å². The molecule has 1 heterocycles. The average Bonchev–Trinajstić information content (AvgIpc) is 2.78.